The predicted molar refractivity (Wildman–Crippen MR) is 125 cm³/mol. The minimum absolute atomic E-state index is 0.0525. The molecule has 5 heteroatoms. The number of phenolic OH excluding ortho intramolecular Hbond substituents is 1. The van der Waals surface area contributed by atoms with Crippen LogP contribution in [0, 0.1) is 19.8 Å². The Balaban J connectivity index is 1.53. The second-order valence-corrected chi connectivity index (χ2v) is 10.2. The summed E-state index contributed by atoms with van der Waals surface area (Å²) in [5.74, 6) is 1.29. The highest BCUT2D eigenvalue weighted by Crippen LogP contribution is 2.42. The van der Waals surface area contributed by atoms with Crippen LogP contribution in [0.2, 0.25) is 0 Å². The van der Waals surface area contributed by atoms with Crippen molar-refractivity contribution in [3.8, 4) is 5.75 Å². The molecule has 1 aromatic rings. The normalized spacial score (nSPS) is 27.9. The number of piperidine rings is 1. The van der Waals surface area contributed by atoms with E-state index in [0.29, 0.717) is 36.2 Å². The molecule has 0 radical (unpaired) electrons. The summed E-state index contributed by atoms with van der Waals surface area (Å²) in [6.45, 7) is 10.3. The average Bonchev–Trinajstić information content (AvgIpc) is 3.15. The molecule has 3 atom stereocenters. The molecule has 0 aromatic heterocycles. The molecule has 1 saturated carbocycles. The van der Waals surface area contributed by atoms with E-state index in [-0.39, 0.29) is 6.04 Å². The number of carbonyl (C=O) groups is 1. The van der Waals surface area contributed by atoms with Crippen molar-refractivity contribution in [3.63, 3.8) is 0 Å². The summed E-state index contributed by atoms with van der Waals surface area (Å²) in [4.78, 5) is 20.8. The van der Waals surface area contributed by atoms with Gasteiger partial charge in [-0.1, -0.05) is 25.8 Å². The number of likely N-dealkylation sites (N-methyl/N-ethyl adjacent to an activating group) is 1. The van der Waals surface area contributed by atoms with Crippen LogP contribution in [0.3, 0.4) is 0 Å². The quantitative estimate of drug-likeness (QED) is 0.769. The first kappa shape index (κ1) is 22.6. The van der Waals surface area contributed by atoms with Gasteiger partial charge in [-0.05, 0) is 75.6 Å². The number of fused-ring (bicyclic) bond motifs is 1. The van der Waals surface area contributed by atoms with E-state index in [9.17, 15) is 9.90 Å². The lowest BCUT2D eigenvalue weighted by molar-refractivity contribution is -0.138. The number of rotatable bonds is 5. The molecule has 0 bridgehead atoms. The van der Waals surface area contributed by atoms with E-state index in [1.54, 1.807) is 0 Å². The van der Waals surface area contributed by atoms with Crippen LogP contribution in [-0.4, -0.2) is 70.5 Å². The van der Waals surface area contributed by atoms with Gasteiger partial charge in [-0.25, -0.2) is 0 Å². The molecule has 172 valence electrons. The number of nitrogens with zero attached hydrogens (tertiary/aromatic N) is 3. The van der Waals surface area contributed by atoms with Crippen LogP contribution in [0.15, 0.2) is 12.1 Å². The first-order valence-electron chi connectivity index (χ1n) is 12.4. The molecule has 0 spiro atoms. The lowest BCUT2D eigenvalue weighted by Gasteiger charge is -2.39. The first-order valence-corrected chi connectivity index (χ1v) is 12.4. The summed E-state index contributed by atoms with van der Waals surface area (Å²) in [5, 5.41) is 10.6. The van der Waals surface area contributed by atoms with E-state index >= 15 is 0 Å². The molecule has 5 nitrogen and oxygen atoms in total. The fourth-order valence-corrected chi connectivity index (χ4v) is 6.24. The topological polar surface area (TPSA) is 47.0 Å². The lowest BCUT2D eigenvalue weighted by atomic mass is 9.84. The number of likely N-dealkylation sites (tertiary alicyclic amines) is 2. The highest BCUT2D eigenvalue weighted by Gasteiger charge is 2.46. The number of aryl methyl sites for hydroxylation is 2. The molecule has 3 aliphatic rings. The third-order valence-electron chi connectivity index (χ3n) is 8.45. The Bertz CT molecular complexity index is 787. The van der Waals surface area contributed by atoms with Crippen LogP contribution in [0.25, 0.3) is 0 Å². The fourth-order valence-electron chi connectivity index (χ4n) is 6.24. The number of amides is 1. The maximum atomic E-state index is 13.8. The summed E-state index contributed by atoms with van der Waals surface area (Å²) >= 11 is 0. The molecular formula is C26H41N3O2. The largest absolute Gasteiger partial charge is 0.508 e. The summed E-state index contributed by atoms with van der Waals surface area (Å²) in [7, 11) is 2.03. The number of benzene rings is 1. The summed E-state index contributed by atoms with van der Waals surface area (Å²) < 4.78 is 0. The van der Waals surface area contributed by atoms with Gasteiger partial charge in [0.15, 0.2) is 0 Å². The SMILES string of the molecule is CCN1CCC(N(C)C(=O)[C@@H]2C[C@@H]3CCCC[C@@H]3N2Cc2cc(C)c(C)cc2O)CC1. The van der Waals surface area contributed by atoms with Gasteiger partial charge in [-0.2, -0.15) is 0 Å². The molecule has 31 heavy (non-hydrogen) atoms. The van der Waals surface area contributed by atoms with Gasteiger partial charge in [-0.3, -0.25) is 9.69 Å². The van der Waals surface area contributed by atoms with Gasteiger partial charge in [0.05, 0.1) is 6.04 Å². The van der Waals surface area contributed by atoms with Gasteiger partial charge in [0.2, 0.25) is 5.91 Å². The van der Waals surface area contributed by atoms with E-state index in [1.807, 2.05) is 20.0 Å². The number of hydrogen-bond donors (Lipinski definition) is 1. The molecule has 2 aliphatic heterocycles. The number of aromatic hydroxyl groups is 1. The van der Waals surface area contributed by atoms with Crippen molar-refractivity contribution in [1.82, 2.24) is 14.7 Å². The zero-order valence-electron chi connectivity index (χ0n) is 19.9. The highest BCUT2D eigenvalue weighted by molar-refractivity contribution is 5.82. The van der Waals surface area contributed by atoms with Gasteiger partial charge in [0.25, 0.3) is 0 Å². The van der Waals surface area contributed by atoms with Crippen molar-refractivity contribution in [2.24, 2.45) is 5.92 Å². The molecule has 3 fully saturated rings. The molecule has 1 aromatic carbocycles. The molecule has 2 saturated heterocycles. The van der Waals surface area contributed by atoms with Crippen LogP contribution in [0.4, 0.5) is 0 Å². The average molecular weight is 428 g/mol. The van der Waals surface area contributed by atoms with Gasteiger partial charge in [0, 0.05) is 44.3 Å². The Hall–Kier alpha value is -1.59. The van der Waals surface area contributed by atoms with Gasteiger partial charge in [-0.15, -0.1) is 0 Å². The van der Waals surface area contributed by atoms with Gasteiger partial charge < -0.3 is 14.9 Å². The molecule has 1 amide bonds. The Morgan fingerprint density at radius 1 is 1.10 bits per heavy atom. The molecular weight excluding hydrogens is 386 g/mol. The van der Waals surface area contributed by atoms with E-state index in [1.165, 1.54) is 31.2 Å². The van der Waals surface area contributed by atoms with Crippen molar-refractivity contribution >= 4 is 5.91 Å². The first-order chi connectivity index (χ1) is 14.9. The fraction of sp³-hybridized carbons (Fsp3) is 0.731. The standard InChI is InChI=1S/C26H41N3O2/c1-5-28-12-10-22(11-13-28)27(4)26(31)24-16-20-8-6-7-9-23(20)29(24)17-21-14-18(2)19(3)15-25(21)30/h14-15,20,22-24,30H,5-13,16-17H2,1-4H3/t20-,23-,24-/m0/s1. The second-order valence-electron chi connectivity index (χ2n) is 10.2. The van der Waals surface area contributed by atoms with Crippen molar-refractivity contribution in [3.05, 3.63) is 28.8 Å². The van der Waals surface area contributed by atoms with Crippen LogP contribution in [0.1, 0.15) is 68.6 Å². The summed E-state index contributed by atoms with van der Waals surface area (Å²) in [5.41, 5.74) is 3.28. The lowest BCUT2D eigenvalue weighted by Crippen LogP contribution is -2.52. The maximum absolute atomic E-state index is 13.8. The predicted octanol–water partition coefficient (Wildman–Crippen LogP) is 4.08. The van der Waals surface area contributed by atoms with E-state index in [4.69, 9.17) is 0 Å². The third-order valence-corrected chi connectivity index (χ3v) is 8.45. The maximum Gasteiger partial charge on any atom is 0.239 e. The Labute approximate surface area is 188 Å². The smallest absolute Gasteiger partial charge is 0.239 e. The van der Waals surface area contributed by atoms with Crippen molar-refractivity contribution < 1.29 is 9.90 Å². The van der Waals surface area contributed by atoms with Gasteiger partial charge >= 0.3 is 0 Å². The van der Waals surface area contributed by atoms with Crippen molar-refractivity contribution in [2.45, 2.75) is 90.4 Å². The Morgan fingerprint density at radius 2 is 1.77 bits per heavy atom. The van der Waals surface area contributed by atoms with E-state index in [0.717, 1.165) is 50.0 Å². The molecule has 1 N–H and O–H groups in total. The zero-order chi connectivity index (χ0) is 22.1. The van der Waals surface area contributed by atoms with Crippen LogP contribution < -0.4 is 0 Å². The second kappa shape index (κ2) is 9.50. The zero-order valence-corrected chi connectivity index (χ0v) is 19.9. The minimum atomic E-state index is -0.0525. The molecule has 0 unspecified atom stereocenters. The number of phenols is 1. The van der Waals surface area contributed by atoms with Crippen molar-refractivity contribution in [1.29, 1.82) is 0 Å². The van der Waals surface area contributed by atoms with E-state index < -0.39 is 0 Å². The van der Waals surface area contributed by atoms with Crippen molar-refractivity contribution in [2.75, 3.05) is 26.7 Å². The number of carbonyl (C=O) groups excluding carboxylic acids is 1. The van der Waals surface area contributed by atoms with Crippen LogP contribution in [-0.2, 0) is 11.3 Å². The minimum Gasteiger partial charge on any atom is -0.508 e. The van der Waals surface area contributed by atoms with E-state index in [2.05, 4.69) is 34.6 Å². The molecule has 2 heterocycles. The van der Waals surface area contributed by atoms with Crippen LogP contribution >= 0.6 is 0 Å². The summed E-state index contributed by atoms with van der Waals surface area (Å²) in [6.07, 6.45) is 8.09. The number of hydrogen-bond acceptors (Lipinski definition) is 4. The monoisotopic (exact) mass is 427 g/mol. The molecule has 1 aliphatic carbocycles. The molecule has 4 rings (SSSR count). The van der Waals surface area contributed by atoms with Crippen LogP contribution in [0.5, 0.6) is 5.75 Å². The Morgan fingerprint density at radius 3 is 2.48 bits per heavy atom. The summed E-state index contributed by atoms with van der Waals surface area (Å²) in [6, 6.07) is 4.77. The Kier molecular flexibility index (Phi) is 6.92. The highest BCUT2D eigenvalue weighted by atomic mass is 16.3. The van der Waals surface area contributed by atoms with Gasteiger partial charge in [0.1, 0.15) is 5.75 Å². The third kappa shape index (κ3) is 4.63.